The number of piperidine rings is 1. The lowest BCUT2D eigenvalue weighted by Crippen LogP contribution is -2.48. The van der Waals surface area contributed by atoms with Crippen LogP contribution in [0.2, 0.25) is 0 Å². The number of carbonyl (C=O) groups excluding carboxylic acids is 3. The fourth-order valence-corrected chi connectivity index (χ4v) is 4.35. The van der Waals surface area contributed by atoms with Gasteiger partial charge in [-0.15, -0.1) is 0 Å². The number of urea groups is 1. The minimum absolute atomic E-state index is 0.0110. The number of aromatic nitrogens is 1. The van der Waals surface area contributed by atoms with E-state index in [1.54, 1.807) is 23.6 Å². The van der Waals surface area contributed by atoms with Gasteiger partial charge in [-0.25, -0.2) is 9.18 Å². The third-order valence-corrected chi connectivity index (χ3v) is 6.31. The van der Waals surface area contributed by atoms with Gasteiger partial charge in [0, 0.05) is 31.9 Å². The number of nitrogens with one attached hydrogen (secondary N) is 2. The van der Waals surface area contributed by atoms with Crippen LogP contribution >= 0.6 is 0 Å². The van der Waals surface area contributed by atoms with Gasteiger partial charge in [0.1, 0.15) is 5.82 Å². The first-order chi connectivity index (χ1) is 16.6. The number of likely N-dealkylation sites (tertiary alicyclic amines) is 1. The van der Waals surface area contributed by atoms with E-state index in [0.717, 1.165) is 30.2 Å². The first kappa shape index (κ1) is 24.6. The Morgan fingerprint density at radius 3 is 2.46 bits per heavy atom. The van der Waals surface area contributed by atoms with Crippen molar-refractivity contribution in [2.24, 2.45) is 0 Å². The summed E-state index contributed by atoms with van der Waals surface area (Å²) in [7, 11) is 0. The molecular formula is C25H30FN5O4. The van der Waals surface area contributed by atoms with E-state index in [1.165, 1.54) is 6.07 Å². The smallest absolute Gasteiger partial charge is 0.322 e. The number of nitrogens with zero attached hydrogens (tertiary/aromatic N) is 3. The zero-order valence-corrected chi connectivity index (χ0v) is 19.9. The molecule has 0 aliphatic carbocycles. The number of halogens is 1. The number of hydrogen-bond acceptors (Lipinski definition) is 5. The number of hydrogen-bond donors (Lipinski definition) is 3. The number of carbonyl (C=O) groups is 3. The van der Waals surface area contributed by atoms with Crippen molar-refractivity contribution in [3.63, 3.8) is 0 Å². The lowest BCUT2D eigenvalue weighted by atomic mass is 9.89. The molecule has 2 aliphatic heterocycles. The molecule has 0 spiro atoms. The normalized spacial score (nSPS) is 16.1. The van der Waals surface area contributed by atoms with Gasteiger partial charge in [-0.3, -0.25) is 14.6 Å². The second kappa shape index (κ2) is 9.99. The molecule has 1 aromatic heterocycles. The lowest BCUT2D eigenvalue weighted by molar-refractivity contribution is -0.147. The van der Waals surface area contributed by atoms with Gasteiger partial charge in [0.05, 0.1) is 24.0 Å². The van der Waals surface area contributed by atoms with Crippen LogP contribution in [-0.2, 0) is 22.7 Å². The molecule has 0 saturated carbocycles. The van der Waals surface area contributed by atoms with Gasteiger partial charge in [0.2, 0.25) is 0 Å². The molecule has 0 unspecified atom stereocenters. The third-order valence-electron chi connectivity index (χ3n) is 6.31. The van der Waals surface area contributed by atoms with Crippen LogP contribution in [0.4, 0.5) is 14.9 Å². The first-order valence-corrected chi connectivity index (χ1v) is 11.7. The fourth-order valence-electron chi connectivity index (χ4n) is 4.35. The maximum Gasteiger partial charge on any atom is 0.322 e. The molecule has 3 N–H and O–H groups in total. The molecule has 1 aromatic carbocycles. The molecule has 4 amide bonds. The van der Waals surface area contributed by atoms with Crippen molar-refractivity contribution in [3.8, 4) is 0 Å². The number of fused-ring (bicyclic) bond motifs is 1. The monoisotopic (exact) mass is 483 g/mol. The fraction of sp³-hybridized carbons (Fsp3) is 0.440. The van der Waals surface area contributed by atoms with E-state index in [2.05, 4.69) is 15.6 Å². The Hall–Kier alpha value is -3.53. The molecule has 9 nitrogen and oxygen atoms in total. The van der Waals surface area contributed by atoms with E-state index in [4.69, 9.17) is 0 Å². The van der Waals surface area contributed by atoms with E-state index in [1.807, 2.05) is 24.3 Å². The maximum absolute atomic E-state index is 13.4. The highest BCUT2D eigenvalue weighted by atomic mass is 19.1. The molecule has 0 atom stereocenters. The molecule has 35 heavy (non-hydrogen) atoms. The van der Waals surface area contributed by atoms with Crippen molar-refractivity contribution in [3.05, 3.63) is 59.2 Å². The van der Waals surface area contributed by atoms with Gasteiger partial charge in [-0.1, -0.05) is 12.1 Å². The molecule has 1 saturated heterocycles. The SMILES string of the molecule is CC(C)(O)CNC(=O)C(=O)N1CCC(c2ccc(NC(=O)N3Cc4cc(F)cnc4C3)cc2)CC1. The second-order valence-electron chi connectivity index (χ2n) is 9.73. The molecule has 3 heterocycles. The summed E-state index contributed by atoms with van der Waals surface area (Å²) < 4.78 is 13.4. The Bertz CT molecular complexity index is 1110. The van der Waals surface area contributed by atoms with Crippen molar-refractivity contribution in [2.75, 3.05) is 25.0 Å². The van der Waals surface area contributed by atoms with Gasteiger partial charge in [0.15, 0.2) is 0 Å². The van der Waals surface area contributed by atoms with Crippen LogP contribution in [0.5, 0.6) is 0 Å². The molecule has 10 heteroatoms. The van der Waals surface area contributed by atoms with Crippen LogP contribution in [0.15, 0.2) is 36.5 Å². The summed E-state index contributed by atoms with van der Waals surface area (Å²) in [4.78, 5) is 44.2. The molecule has 0 radical (unpaired) electrons. The van der Waals surface area contributed by atoms with Crippen LogP contribution in [0.3, 0.4) is 0 Å². The average Bonchev–Trinajstić information content (AvgIpc) is 3.26. The first-order valence-electron chi connectivity index (χ1n) is 11.7. The van der Waals surface area contributed by atoms with Gasteiger partial charge in [-0.2, -0.15) is 0 Å². The zero-order chi connectivity index (χ0) is 25.2. The maximum atomic E-state index is 13.4. The van der Waals surface area contributed by atoms with Crippen molar-refractivity contribution in [2.45, 2.75) is 51.3 Å². The van der Waals surface area contributed by atoms with Gasteiger partial charge in [0.25, 0.3) is 0 Å². The number of rotatable bonds is 4. The quantitative estimate of drug-likeness (QED) is 0.578. The molecular weight excluding hydrogens is 453 g/mol. The molecule has 0 bridgehead atoms. The number of benzene rings is 1. The zero-order valence-electron chi connectivity index (χ0n) is 19.9. The van der Waals surface area contributed by atoms with Crippen molar-refractivity contribution >= 4 is 23.5 Å². The van der Waals surface area contributed by atoms with Crippen molar-refractivity contribution in [1.29, 1.82) is 0 Å². The predicted octanol–water partition coefficient (Wildman–Crippen LogP) is 2.36. The Balaban J connectivity index is 1.26. The number of aliphatic hydroxyl groups is 1. The van der Waals surface area contributed by atoms with E-state index in [9.17, 15) is 23.9 Å². The highest BCUT2D eigenvalue weighted by molar-refractivity contribution is 6.35. The summed E-state index contributed by atoms with van der Waals surface area (Å²) in [6, 6.07) is 8.75. The minimum Gasteiger partial charge on any atom is -0.389 e. The standard InChI is InChI=1S/C25H30FN5O4/c1-25(2,35)15-28-22(32)23(33)30-9-7-17(8-10-30)16-3-5-20(6-4-16)29-24(34)31-13-18-11-19(26)12-27-21(18)14-31/h3-6,11-12,17,35H,7-10,13-15H2,1-2H3,(H,28,32)(H,29,34). The van der Waals surface area contributed by atoms with E-state index in [0.29, 0.717) is 37.6 Å². The minimum atomic E-state index is -1.08. The van der Waals surface area contributed by atoms with Crippen LogP contribution in [-0.4, -0.2) is 63.0 Å². The summed E-state index contributed by atoms with van der Waals surface area (Å²) in [5.41, 5.74) is 2.11. The molecule has 186 valence electrons. The van der Waals surface area contributed by atoms with E-state index in [-0.39, 0.29) is 18.5 Å². The highest BCUT2D eigenvalue weighted by Gasteiger charge is 2.29. The van der Waals surface area contributed by atoms with Crippen molar-refractivity contribution in [1.82, 2.24) is 20.1 Å². The largest absolute Gasteiger partial charge is 0.389 e. The van der Waals surface area contributed by atoms with Crippen LogP contribution in [0, 0.1) is 5.82 Å². The average molecular weight is 484 g/mol. The summed E-state index contributed by atoms with van der Waals surface area (Å²) in [6.07, 6.45) is 2.61. The topological polar surface area (TPSA) is 115 Å². The highest BCUT2D eigenvalue weighted by Crippen LogP contribution is 2.29. The molecule has 2 aromatic rings. The van der Waals surface area contributed by atoms with E-state index < -0.39 is 23.2 Å². The summed E-state index contributed by atoms with van der Waals surface area (Å²) in [5.74, 6) is -1.44. The van der Waals surface area contributed by atoms with Gasteiger partial charge < -0.3 is 25.5 Å². The second-order valence-corrected chi connectivity index (χ2v) is 9.73. The molecule has 2 aliphatic rings. The van der Waals surface area contributed by atoms with Crippen molar-refractivity contribution < 1.29 is 23.9 Å². The third kappa shape index (κ3) is 6.13. The lowest BCUT2D eigenvalue weighted by Gasteiger charge is -2.32. The van der Waals surface area contributed by atoms with E-state index >= 15 is 0 Å². The molecule has 4 rings (SSSR count). The number of pyridine rings is 1. The summed E-state index contributed by atoms with van der Waals surface area (Å²) >= 11 is 0. The number of anilines is 1. The Morgan fingerprint density at radius 2 is 1.80 bits per heavy atom. The van der Waals surface area contributed by atoms with Gasteiger partial charge >= 0.3 is 17.8 Å². The summed E-state index contributed by atoms with van der Waals surface area (Å²) in [5, 5.41) is 15.1. The van der Waals surface area contributed by atoms with Crippen LogP contribution in [0.25, 0.3) is 0 Å². The molecule has 1 fully saturated rings. The predicted molar refractivity (Wildman–Crippen MR) is 127 cm³/mol. The van der Waals surface area contributed by atoms with Gasteiger partial charge in [-0.05, 0) is 61.9 Å². The Labute approximate surface area is 203 Å². The number of amides is 4. The van der Waals surface area contributed by atoms with Crippen LogP contribution in [0.1, 0.15) is 49.4 Å². The Kier molecular flexibility index (Phi) is 7.02. The van der Waals surface area contributed by atoms with Crippen LogP contribution < -0.4 is 10.6 Å². The summed E-state index contributed by atoms with van der Waals surface area (Å²) in [6.45, 7) is 4.74. The Morgan fingerprint density at radius 1 is 1.11 bits per heavy atom.